The van der Waals surface area contributed by atoms with Gasteiger partial charge in [-0.1, -0.05) is 30.3 Å². The second kappa shape index (κ2) is 8.79. The van der Waals surface area contributed by atoms with Gasteiger partial charge in [-0.25, -0.2) is 0 Å². The van der Waals surface area contributed by atoms with Gasteiger partial charge in [-0.05, 0) is 38.1 Å². The smallest absolute Gasteiger partial charge is 0.257 e. The van der Waals surface area contributed by atoms with Crippen LogP contribution in [0, 0.1) is 0 Å². The highest BCUT2D eigenvalue weighted by Gasteiger charge is 2.24. The van der Waals surface area contributed by atoms with E-state index in [2.05, 4.69) is 15.5 Å². The van der Waals surface area contributed by atoms with Gasteiger partial charge in [0.25, 0.3) is 5.91 Å². The number of carbonyl (C=O) groups excluding carboxylic acids is 2. The van der Waals surface area contributed by atoms with Crippen molar-refractivity contribution in [1.82, 2.24) is 4.90 Å². The summed E-state index contributed by atoms with van der Waals surface area (Å²) >= 11 is 0. The third-order valence-corrected chi connectivity index (χ3v) is 4.34. The molecule has 0 aromatic heterocycles. The van der Waals surface area contributed by atoms with Crippen molar-refractivity contribution in [3.05, 3.63) is 60.2 Å². The Morgan fingerprint density at radius 1 is 0.963 bits per heavy atom. The molecule has 0 aliphatic carbocycles. The number of anilines is 2. The highest BCUT2D eigenvalue weighted by atomic mass is 16.5. The minimum absolute atomic E-state index is 0.102. The molecular formula is C21H25N3O3. The van der Waals surface area contributed by atoms with Crippen molar-refractivity contribution in [2.45, 2.75) is 26.1 Å². The molecule has 0 spiro atoms. The van der Waals surface area contributed by atoms with Crippen LogP contribution in [0.2, 0.25) is 0 Å². The van der Waals surface area contributed by atoms with E-state index in [1.807, 2.05) is 44.2 Å². The van der Waals surface area contributed by atoms with Gasteiger partial charge < -0.3 is 15.4 Å². The minimum atomic E-state index is -0.259. The van der Waals surface area contributed by atoms with Gasteiger partial charge in [-0.15, -0.1) is 0 Å². The van der Waals surface area contributed by atoms with Crippen LogP contribution in [0.3, 0.4) is 0 Å². The standard InChI is InChI=1S/C21H25N3O3/c1-15-12-24(13-16(2)27-15)14-20(25)23-19-11-7-6-10-18(19)21(26)22-17-8-4-3-5-9-17/h3-11,15-16H,12-14H2,1-2H3,(H,22,26)(H,23,25)/t15-,16-/m0/s1. The maximum atomic E-state index is 12.6. The second-order valence-corrected chi connectivity index (χ2v) is 6.87. The monoisotopic (exact) mass is 367 g/mol. The van der Waals surface area contributed by atoms with E-state index in [0.29, 0.717) is 30.0 Å². The number of carbonyl (C=O) groups is 2. The van der Waals surface area contributed by atoms with Crippen molar-refractivity contribution >= 4 is 23.2 Å². The van der Waals surface area contributed by atoms with Gasteiger partial charge in [0.05, 0.1) is 30.0 Å². The van der Waals surface area contributed by atoms with E-state index in [0.717, 1.165) is 0 Å². The maximum absolute atomic E-state index is 12.6. The Morgan fingerprint density at radius 3 is 2.30 bits per heavy atom. The molecule has 6 nitrogen and oxygen atoms in total. The number of ether oxygens (including phenoxy) is 1. The molecule has 142 valence electrons. The van der Waals surface area contributed by atoms with Gasteiger partial charge in [-0.3, -0.25) is 14.5 Å². The van der Waals surface area contributed by atoms with Crippen LogP contribution in [-0.4, -0.2) is 48.6 Å². The summed E-state index contributed by atoms with van der Waals surface area (Å²) in [5.41, 5.74) is 1.64. The Labute approximate surface area is 159 Å². The van der Waals surface area contributed by atoms with Gasteiger partial charge in [-0.2, -0.15) is 0 Å². The average molecular weight is 367 g/mol. The van der Waals surface area contributed by atoms with E-state index in [1.54, 1.807) is 24.3 Å². The molecule has 2 atom stereocenters. The fourth-order valence-corrected chi connectivity index (χ4v) is 3.32. The molecule has 0 radical (unpaired) electrons. The third kappa shape index (κ3) is 5.39. The van der Waals surface area contributed by atoms with Crippen LogP contribution in [0.1, 0.15) is 24.2 Å². The molecule has 2 aromatic carbocycles. The van der Waals surface area contributed by atoms with E-state index in [-0.39, 0.29) is 30.6 Å². The molecule has 1 heterocycles. The van der Waals surface area contributed by atoms with Gasteiger partial charge in [0, 0.05) is 18.8 Å². The average Bonchev–Trinajstić information content (AvgIpc) is 2.62. The summed E-state index contributed by atoms with van der Waals surface area (Å²) < 4.78 is 5.70. The zero-order valence-corrected chi connectivity index (χ0v) is 15.6. The fraction of sp³-hybridized carbons (Fsp3) is 0.333. The Hall–Kier alpha value is -2.70. The molecule has 0 saturated carbocycles. The number of nitrogens with zero attached hydrogens (tertiary/aromatic N) is 1. The first-order valence-electron chi connectivity index (χ1n) is 9.14. The lowest BCUT2D eigenvalue weighted by Gasteiger charge is -2.34. The largest absolute Gasteiger partial charge is 0.373 e. The van der Waals surface area contributed by atoms with Gasteiger partial charge >= 0.3 is 0 Å². The molecule has 27 heavy (non-hydrogen) atoms. The summed E-state index contributed by atoms with van der Waals surface area (Å²) in [5.74, 6) is -0.401. The number of nitrogens with one attached hydrogen (secondary N) is 2. The Bertz CT molecular complexity index is 784. The van der Waals surface area contributed by atoms with E-state index in [4.69, 9.17) is 4.74 Å². The SMILES string of the molecule is C[C@H]1CN(CC(=O)Nc2ccccc2C(=O)Nc2ccccc2)C[C@H](C)O1. The van der Waals surface area contributed by atoms with Crippen molar-refractivity contribution in [1.29, 1.82) is 0 Å². The molecule has 1 aliphatic rings. The summed E-state index contributed by atoms with van der Waals surface area (Å²) in [6.07, 6.45) is 0.205. The van der Waals surface area contributed by atoms with Crippen LogP contribution >= 0.6 is 0 Å². The first-order valence-corrected chi connectivity index (χ1v) is 9.14. The zero-order chi connectivity index (χ0) is 19.2. The molecule has 0 unspecified atom stereocenters. The second-order valence-electron chi connectivity index (χ2n) is 6.87. The van der Waals surface area contributed by atoms with Crippen molar-refractivity contribution in [3.63, 3.8) is 0 Å². The predicted molar refractivity (Wildman–Crippen MR) is 106 cm³/mol. The van der Waals surface area contributed by atoms with Gasteiger partial charge in [0.1, 0.15) is 0 Å². The quantitative estimate of drug-likeness (QED) is 0.852. The van der Waals surface area contributed by atoms with E-state index >= 15 is 0 Å². The van der Waals surface area contributed by atoms with E-state index in [1.165, 1.54) is 0 Å². The van der Waals surface area contributed by atoms with Crippen molar-refractivity contribution in [2.75, 3.05) is 30.3 Å². The number of para-hydroxylation sites is 2. The highest BCUT2D eigenvalue weighted by molar-refractivity contribution is 6.10. The minimum Gasteiger partial charge on any atom is -0.373 e. The van der Waals surface area contributed by atoms with Gasteiger partial charge in [0.15, 0.2) is 0 Å². The first-order chi connectivity index (χ1) is 13.0. The number of hydrogen-bond donors (Lipinski definition) is 2. The molecule has 0 bridgehead atoms. The van der Waals surface area contributed by atoms with E-state index < -0.39 is 0 Å². The summed E-state index contributed by atoms with van der Waals surface area (Å²) in [7, 11) is 0. The first kappa shape index (κ1) is 19.1. The number of amides is 2. The molecule has 6 heteroatoms. The molecule has 2 amide bonds. The number of rotatable bonds is 5. The van der Waals surface area contributed by atoms with Crippen LogP contribution in [0.25, 0.3) is 0 Å². The lowest BCUT2D eigenvalue weighted by atomic mass is 10.1. The summed E-state index contributed by atoms with van der Waals surface area (Å²) in [4.78, 5) is 27.2. The maximum Gasteiger partial charge on any atom is 0.257 e. The normalized spacial score (nSPS) is 20.1. The van der Waals surface area contributed by atoms with Crippen molar-refractivity contribution in [2.24, 2.45) is 0 Å². The number of hydrogen-bond acceptors (Lipinski definition) is 4. The Kier molecular flexibility index (Phi) is 6.21. The van der Waals surface area contributed by atoms with Crippen LogP contribution in [0.5, 0.6) is 0 Å². The molecule has 2 N–H and O–H groups in total. The lowest BCUT2D eigenvalue weighted by molar-refractivity contribution is -0.121. The van der Waals surface area contributed by atoms with Crippen molar-refractivity contribution in [3.8, 4) is 0 Å². The summed E-state index contributed by atoms with van der Waals surface area (Å²) in [6.45, 7) is 5.71. The lowest BCUT2D eigenvalue weighted by Crippen LogP contribution is -2.48. The topological polar surface area (TPSA) is 70.7 Å². The molecule has 3 rings (SSSR count). The van der Waals surface area contributed by atoms with Crippen LogP contribution in [-0.2, 0) is 9.53 Å². The molecule has 2 aromatic rings. The molecular weight excluding hydrogens is 342 g/mol. The number of morpholine rings is 1. The Balaban J connectivity index is 1.65. The summed E-state index contributed by atoms with van der Waals surface area (Å²) in [6, 6.07) is 16.3. The van der Waals surface area contributed by atoms with Gasteiger partial charge in [0.2, 0.25) is 5.91 Å². The fourth-order valence-electron chi connectivity index (χ4n) is 3.32. The van der Waals surface area contributed by atoms with Crippen LogP contribution < -0.4 is 10.6 Å². The molecule has 1 saturated heterocycles. The van der Waals surface area contributed by atoms with Crippen LogP contribution in [0.15, 0.2) is 54.6 Å². The summed E-state index contributed by atoms with van der Waals surface area (Å²) in [5, 5.41) is 5.72. The zero-order valence-electron chi connectivity index (χ0n) is 15.6. The van der Waals surface area contributed by atoms with Crippen LogP contribution in [0.4, 0.5) is 11.4 Å². The Morgan fingerprint density at radius 2 is 1.59 bits per heavy atom. The predicted octanol–water partition coefficient (Wildman–Crippen LogP) is 2.99. The number of benzene rings is 2. The molecule has 1 fully saturated rings. The third-order valence-electron chi connectivity index (χ3n) is 4.34. The highest BCUT2D eigenvalue weighted by Crippen LogP contribution is 2.18. The van der Waals surface area contributed by atoms with E-state index in [9.17, 15) is 9.59 Å². The molecule has 1 aliphatic heterocycles. The van der Waals surface area contributed by atoms with Crippen molar-refractivity contribution < 1.29 is 14.3 Å².